The standard InChI is InChI=1S/C18H16BrNO2/c19-16-8-6-13(7-9-16)10-15-11-17(21)20(18(15)22)12-14-4-2-1-3-5-14/h1-9,15H,10-12H2. The van der Waals surface area contributed by atoms with Crippen LogP contribution in [0.2, 0.25) is 0 Å². The van der Waals surface area contributed by atoms with Crippen molar-refractivity contribution >= 4 is 27.7 Å². The zero-order chi connectivity index (χ0) is 15.5. The molecule has 4 heteroatoms. The van der Waals surface area contributed by atoms with Gasteiger partial charge in [0.15, 0.2) is 0 Å². The van der Waals surface area contributed by atoms with Crippen LogP contribution in [0.4, 0.5) is 0 Å². The number of imide groups is 1. The lowest BCUT2D eigenvalue weighted by molar-refractivity contribution is -0.140. The minimum absolute atomic E-state index is 0.0585. The van der Waals surface area contributed by atoms with Gasteiger partial charge in [-0.05, 0) is 29.7 Å². The van der Waals surface area contributed by atoms with Crippen molar-refractivity contribution in [1.82, 2.24) is 4.90 Å². The monoisotopic (exact) mass is 357 g/mol. The number of carbonyl (C=O) groups is 2. The van der Waals surface area contributed by atoms with Crippen molar-refractivity contribution in [2.45, 2.75) is 19.4 Å². The fraction of sp³-hybridized carbons (Fsp3) is 0.222. The molecule has 0 saturated carbocycles. The van der Waals surface area contributed by atoms with Crippen molar-refractivity contribution in [1.29, 1.82) is 0 Å². The van der Waals surface area contributed by atoms with Crippen molar-refractivity contribution in [3.05, 3.63) is 70.2 Å². The van der Waals surface area contributed by atoms with Gasteiger partial charge in [-0.15, -0.1) is 0 Å². The van der Waals surface area contributed by atoms with Crippen LogP contribution in [0.3, 0.4) is 0 Å². The highest BCUT2D eigenvalue weighted by Gasteiger charge is 2.38. The van der Waals surface area contributed by atoms with Gasteiger partial charge in [-0.1, -0.05) is 58.4 Å². The molecule has 1 fully saturated rings. The van der Waals surface area contributed by atoms with E-state index < -0.39 is 0 Å². The molecular formula is C18H16BrNO2. The Morgan fingerprint density at radius 2 is 1.64 bits per heavy atom. The van der Waals surface area contributed by atoms with Gasteiger partial charge in [-0.25, -0.2) is 0 Å². The number of carbonyl (C=O) groups excluding carboxylic acids is 2. The van der Waals surface area contributed by atoms with Crippen LogP contribution < -0.4 is 0 Å². The summed E-state index contributed by atoms with van der Waals surface area (Å²) in [6.07, 6.45) is 0.922. The Bertz CT molecular complexity index is 682. The Morgan fingerprint density at radius 1 is 0.955 bits per heavy atom. The number of nitrogens with zero attached hydrogens (tertiary/aromatic N) is 1. The van der Waals surface area contributed by atoms with Gasteiger partial charge in [0.1, 0.15) is 0 Å². The van der Waals surface area contributed by atoms with Crippen molar-refractivity contribution in [2.75, 3.05) is 0 Å². The first-order valence-corrected chi connectivity index (χ1v) is 8.05. The molecule has 0 aliphatic carbocycles. The van der Waals surface area contributed by atoms with Gasteiger partial charge in [0, 0.05) is 10.9 Å². The van der Waals surface area contributed by atoms with E-state index in [4.69, 9.17) is 0 Å². The molecule has 1 unspecified atom stereocenters. The third-order valence-electron chi connectivity index (χ3n) is 3.92. The fourth-order valence-electron chi connectivity index (χ4n) is 2.75. The number of benzene rings is 2. The van der Waals surface area contributed by atoms with E-state index in [1.54, 1.807) is 0 Å². The van der Waals surface area contributed by atoms with Gasteiger partial charge in [0.25, 0.3) is 0 Å². The highest BCUT2D eigenvalue weighted by molar-refractivity contribution is 9.10. The smallest absolute Gasteiger partial charge is 0.233 e. The van der Waals surface area contributed by atoms with Crippen molar-refractivity contribution < 1.29 is 9.59 Å². The molecule has 1 saturated heterocycles. The van der Waals surface area contributed by atoms with E-state index >= 15 is 0 Å². The molecule has 0 spiro atoms. The molecule has 0 bridgehead atoms. The maximum Gasteiger partial charge on any atom is 0.233 e. The summed E-state index contributed by atoms with van der Waals surface area (Å²) in [5, 5.41) is 0. The molecule has 1 aliphatic heterocycles. The van der Waals surface area contributed by atoms with E-state index in [1.165, 1.54) is 4.90 Å². The molecule has 22 heavy (non-hydrogen) atoms. The van der Waals surface area contributed by atoms with Gasteiger partial charge in [0.2, 0.25) is 11.8 Å². The van der Waals surface area contributed by atoms with Gasteiger partial charge in [-0.2, -0.15) is 0 Å². The van der Waals surface area contributed by atoms with Crippen molar-refractivity contribution in [2.24, 2.45) is 5.92 Å². The van der Waals surface area contributed by atoms with Gasteiger partial charge in [-0.3, -0.25) is 14.5 Å². The highest BCUT2D eigenvalue weighted by Crippen LogP contribution is 2.25. The first-order valence-electron chi connectivity index (χ1n) is 7.26. The number of rotatable bonds is 4. The normalized spacial score (nSPS) is 18.0. The summed E-state index contributed by atoms with van der Waals surface area (Å²) in [6.45, 7) is 0.370. The number of hydrogen-bond donors (Lipinski definition) is 0. The van der Waals surface area contributed by atoms with E-state index in [0.29, 0.717) is 19.4 Å². The number of halogens is 1. The van der Waals surface area contributed by atoms with Gasteiger partial charge < -0.3 is 0 Å². The molecule has 1 aliphatic rings. The zero-order valence-corrected chi connectivity index (χ0v) is 13.6. The lowest BCUT2D eigenvalue weighted by Gasteiger charge is -2.15. The summed E-state index contributed by atoms with van der Waals surface area (Å²) < 4.78 is 1.01. The summed E-state index contributed by atoms with van der Waals surface area (Å²) in [4.78, 5) is 26.0. The lowest BCUT2D eigenvalue weighted by Crippen LogP contribution is -2.30. The predicted molar refractivity (Wildman–Crippen MR) is 88.0 cm³/mol. The summed E-state index contributed by atoms with van der Waals surface area (Å²) in [5.41, 5.74) is 2.06. The fourth-order valence-corrected chi connectivity index (χ4v) is 3.01. The molecule has 112 valence electrons. The van der Waals surface area contributed by atoms with Gasteiger partial charge >= 0.3 is 0 Å². The maximum absolute atomic E-state index is 12.5. The van der Waals surface area contributed by atoms with E-state index in [-0.39, 0.29) is 17.7 Å². The van der Waals surface area contributed by atoms with E-state index in [2.05, 4.69) is 15.9 Å². The molecule has 0 radical (unpaired) electrons. The minimum atomic E-state index is -0.239. The average Bonchev–Trinajstić information content (AvgIpc) is 2.78. The molecule has 3 nitrogen and oxygen atoms in total. The molecule has 2 aromatic carbocycles. The number of amides is 2. The molecule has 0 N–H and O–H groups in total. The third-order valence-corrected chi connectivity index (χ3v) is 4.44. The first-order chi connectivity index (χ1) is 10.6. The Hall–Kier alpha value is -1.94. The largest absolute Gasteiger partial charge is 0.278 e. The lowest BCUT2D eigenvalue weighted by atomic mass is 9.98. The number of hydrogen-bond acceptors (Lipinski definition) is 2. The average molecular weight is 358 g/mol. The topological polar surface area (TPSA) is 37.4 Å². The van der Waals surface area contributed by atoms with Crippen LogP contribution >= 0.6 is 15.9 Å². The van der Waals surface area contributed by atoms with Gasteiger partial charge in [0.05, 0.1) is 12.5 Å². The molecular weight excluding hydrogens is 342 g/mol. The van der Waals surface area contributed by atoms with Crippen LogP contribution in [0.25, 0.3) is 0 Å². The Morgan fingerprint density at radius 3 is 2.32 bits per heavy atom. The molecule has 1 atom stereocenters. The molecule has 1 heterocycles. The van der Waals surface area contributed by atoms with E-state index in [1.807, 2.05) is 54.6 Å². The third kappa shape index (κ3) is 3.28. The number of likely N-dealkylation sites (tertiary alicyclic amines) is 1. The van der Waals surface area contributed by atoms with Crippen LogP contribution in [0.5, 0.6) is 0 Å². The van der Waals surface area contributed by atoms with Crippen molar-refractivity contribution in [3.8, 4) is 0 Å². The predicted octanol–water partition coefficient (Wildman–Crippen LogP) is 3.57. The second-order valence-electron chi connectivity index (χ2n) is 5.54. The summed E-state index contributed by atoms with van der Waals surface area (Å²) in [7, 11) is 0. The molecule has 2 amide bonds. The summed E-state index contributed by atoms with van der Waals surface area (Å²) in [5.74, 6) is -0.370. The van der Waals surface area contributed by atoms with E-state index in [0.717, 1.165) is 15.6 Å². The van der Waals surface area contributed by atoms with Crippen LogP contribution in [-0.4, -0.2) is 16.7 Å². The SMILES string of the molecule is O=C1CC(Cc2ccc(Br)cc2)C(=O)N1Cc1ccccc1. The molecule has 3 rings (SSSR count). The maximum atomic E-state index is 12.5. The second kappa shape index (κ2) is 6.44. The van der Waals surface area contributed by atoms with Crippen LogP contribution in [0.1, 0.15) is 17.5 Å². The molecule has 0 aromatic heterocycles. The van der Waals surface area contributed by atoms with Crippen molar-refractivity contribution in [3.63, 3.8) is 0 Å². The highest BCUT2D eigenvalue weighted by atomic mass is 79.9. The Balaban J connectivity index is 1.70. The Kier molecular flexibility index (Phi) is 4.39. The quantitative estimate of drug-likeness (QED) is 0.784. The van der Waals surface area contributed by atoms with E-state index in [9.17, 15) is 9.59 Å². The first kappa shape index (κ1) is 15.0. The van der Waals surface area contributed by atoms with Crippen LogP contribution in [-0.2, 0) is 22.6 Å². The minimum Gasteiger partial charge on any atom is -0.278 e. The second-order valence-corrected chi connectivity index (χ2v) is 6.45. The summed E-state index contributed by atoms with van der Waals surface area (Å²) in [6, 6.07) is 17.5. The summed E-state index contributed by atoms with van der Waals surface area (Å²) >= 11 is 3.40. The van der Waals surface area contributed by atoms with Crippen LogP contribution in [0.15, 0.2) is 59.1 Å². The zero-order valence-electron chi connectivity index (χ0n) is 12.0. The Labute approximate surface area is 138 Å². The van der Waals surface area contributed by atoms with Crippen LogP contribution in [0, 0.1) is 5.92 Å². The molecule has 2 aromatic rings.